The van der Waals surface area contributed by atoms with Crippen molar-refractivity contribution < 1.29 is 14.6 Å². The molecule has 1 aliphatic heterocycles. The van der Waals surface area contributed by atoms with E-state index in [9.17, 15) is 9.90 Å². The number of amides is 1. The molecule has 0 bridgehead atoms. The van der Waals surface area contributed by atoms with Crippen LogP contribution in [0.3, 0.4) is 0 Å². The standard InChI is InChI=1S/C23H25NO3S/c1-15-11-16(2)22(17(3)12-15)20-14-27-23(28)24(20)21(26)13-19(25)10-9-18-7-5-4-6-8-18/h4-12,19-20,25H,13-14H2,1-3H3/b10-9+/t19-,20-/m1/s1. The molecule has 1 aliphatic rings. The monoisotopic (exact) mass is 395 g/mol. The first-order chi connectivity index (χ1) is 13.4. The molecule has 0 spiro atoms. The van der Waals surface area contributed by atoms with E-state index in [1.165, 1.54) is 10.5 Å². The molecule has 2 atom stereocenters. The predicted octanol–water partition coefficient (Wildman–Crippen LogP) is 4.26. The molecule has 28 heavy (non-hydrogen) atoms. The van der Waals surface area contributed by atoms with Crippen LogP contribution in [0, 0.1) is 20.8 Å². The lowest BCUT2D eigenvalue weighted by atomic mass is 9.93. The van der Waals surface area contributed by atoms with E-state index < -0.39 is 6.10 Å². The third-order valence-electron chi connectivity index (χ3n) is 4.91. The highest BCUT2D eigenvalue weighted by atomic mass is 32.1. The lowest BCUT2D eigenvalue weighted by molar-refractivity contribution is -0.129. The van der Waals surface area contributed by atoms with Crippen molar-refractivity contribution in [2.75, 3.05) is 6.61 Å². The number of aliphatic hydroxyl groups is 1. The zero-order valence-corrected chi connectivity index (χ0v) is 17.2. The maximum absolute atomic E-state index is 12.9. The van der Waals surface area contributed by atoms with Gasteiger partial charge in [-0.05, 0) is 55.2 Å². The van der Waals surface area contributed by atoms with Gasteiger partial charge in [-0.3, -0.25) is 9.69 Å². The van der Waals surface area contributed by atoms with Crippen molar-refractivity contribution in [3.63, 3.8) is 0 Å². The third kappa shape index (κ3) is 4.49. The van der Waals surface area contributed by atoms with Gasteiger partial charge in [-0.2, -0.15) is 0 Å². The van der Waals surface area contributed by atoms with Crippen LogP contribution in [-0.2, 0) is 9.53 Å². The predicted molar refractivity (Wildman–Crippen MR) is 115 cm³/mol. The molecular formula is C23H25NO3S. The second-order valence-corrected chi connectivity index (χ2v) is 7.56. The summed E-state index contributed by atoms with van der Waals surface area (Å²) in [4.78, 5) is 14.4. The number of benzene rings is 2. The average molecular weight is 396 g/mol. The van der Waals surface area contributed by atoms with Crippen LogP contribution in [0.15, 0.2) is 48.5 Å². The number of carbonyl (C=O) groups excluding carboxylic acids is 1. The van der Waals surface area contributed by atoms with Crippen molar-refractivity contribution in [2.45, 2.75) is 39.3 Å². The van der Waals surface area contributed by atoms with Gasteiger partial charge in [0.2, 0.25) is 5.91 Å². The van der Waals surface area contributed by atoms with Crippen LogP contribution < -0.4 is 0 Å². The molecule has 1 fully saturated rings. The van der Waals surface area contributed by atoms with E-state index in [0.717, 1.165) is 22.3 Å². The Morgan fingerprint density at radius 1 is 1.25 bits per heavy atom. The molecular weight excluding hydrogens is 370 g/mol. The molecule has 2 aromatic carbocycles. The van der Waals surface area contributed by atoms with Gasteiger partial charge in [0.25, 0.3) is 5.17 Å². The summed E-state index contributed by atoms with van der Waals surface area (Å²) in [6.07, 6.45) is 2.50. The van der Waals surface area contributed by atoms with Gasteiger partial charge in [0.05, 0.1) is 12.5 Å². The molecule has 5 heteroatoms. The van der Waals surface area contributed by atoms with Crippen LogP contribution in [0.2, 0.25) is 0 Å². The van der Waals surface area contributed by atoms with E-state index in [0.29, 0.717) is 6.61 Å². The molecule has 146 valence electrons. The number of carbonyl (C=O) groups is 1. The molecule has 0 unspecified atom stereocenters. The Morgan fingerprint density at radius 3 is 2.54 bits per heavy atom. The molecule has 0 radical (unpaired) electrons. The van der Waals surface area contributed by atoms with Crippen LogP contribution in [0.4, 0.5) is 0 Å². The van der Waals surface area contributed by atoms with Gasteiger partial charge >= 0.3 is 0 Å². The Hall–Kier alpha value is -2.50. The number of thiocarbonyl (C=S) groups is 1. The lowest BCUT2D eigenvalue weighted by Gasteiger charge is -2.25. The first-order valence-corrected chi connectivity index (χ1v) is 9.75. The summed E-state index contributed by atoms with van der Waals surface area (Å²) in [6, 6.07) is 13.6. The Balaban J connectivity index is 1.76. The number of ether oxygens (including phenoxy) is 1. The van der Waals surface area contributed by atoms with Gasteiger partial charge in [-0.15, -0.1) is 0 Å². The number of nitrogens with zero attached hydrogens (tertiary/aromatic N) is 1. The summed E-state index contributed by atoms with van der Waals surface area (Å²) in [6.45, 7) is 6.47. The van der Waals surface area contributed by atoms with Crippen molar-refractivity contribution in [2.24, 2.45) is 0 Å². The van der Waals surface area contributed by atoms with E-state index in [2.05, 4.69) is 19.1 Å². The smallest absolute Gasteiger partial charge is 0.266 e. The van der Waals surface area contributed by atoms with E-state index in [1.807, 2.05) is 50.3 Å². The van der Waals surface area contributed by atoms with Gasteiger partial charge in [0.15, 0.2) is 0 Å². The fourth-order valence-corrected chi connectivity index (χ4v) is 4.06. The van der Waals surface area contributed by atoms with E-state index in [-0.39, 0.29) is 23.5 Å². The zero-order valence-electron chi connectivity index (χ0n) is 16.4. The Kier molecular flexibility index (Phi) is 6.27. The molecule has 1 amide bonds. The Bertz CT molecular complexity index is 884. The van der Waals surface area contributed by atoms with Crippen LogP contribution in [0.25, 0.3) is 6.08 Å². The maximum atomic E-state index is 12.9. The Labute approximate surface area is 171 Å². The second-order valence-electron chi connectivity index (χ2n) is 7.21. The van der Waals surface area contributed by atoms with Gasteiger partial charge in [0, 0.05) is 0 Å². The topological polar surface area (TPSA) is 49.8 Å². The minimum absolute atomic E-state index is 0.0483. The quantitative estimate of drug-likeness (QED) is 0.769. The molecule has 0 aliphatic carbocycles. The minimum Gasteiger partial charge on any atom is -0.468 e. The van der Waals surface area contributed by atoms with Crippen LogP contribution in [0.1, 0.15) is 40.3 Å². The van der Waals surface area contributed by atoms with Crippen LogP contribution in [0.5, 0.6) is 0 Å². The van der Waals surface area contributed by atoms with Crippen molar-refractivity contribution in [3.05, 3.63) is 76.4 Å². The van der Waals surface area contributed by atoms with Crippen molar-refractivity contribution in [3.8, 4) is 0 Å². The summed E-state index contributed by atoms with van der Waals surface area (Å²) in [5, 5.41) is 10.5. The number of aryl methyl sites for hydroxylation is 3. The minimum atomic E-state index is -0.892. The van der Waals surface area contributed by atoms with E-state index in [4.69, 9.17) is 17.0 Å². The Morgan fingerprint density at radius 2 is 1.89 bits per heavy atom. The summed E-state index contributed by atoms with van der Waals surface area (Å²) >= 11 is 5.28. The number of hydrogen-bond acceptors (Lipinski definition) is 4. The lowest BCUT2D eigenvalue weighted by Crippen LogP contribution is -2.36. The highest BCUT2D eigenvalue weighted by Gasteiger charge is 2.37. The fraction of sp³-hybridized carbons (Fsp3) is 0.304. The van der Waals surface area contributed by atoms with Crippen molar-refractivity contribution in [1.29, 1.82) is 0 Å². The maximum Gasteiger partial charge on any atom is 0.266 e. The summed E-state index contributed by atoms with van der Waals surface area (Å²) in [7, 11) is 0. The highest BCUT2D eigenvalue weighted by Crippen LogP contribution is 2.33. The summed E-state index contributed by atoms with van der Waals surface area (Å²) in [5.41, 5.74) is 5.43. The number of aliphatic hydroxyl groups excluding tert-OH is 1. The van der Waals surface area contributed by atoms with E-state index >= 15 is 0 Å². The van der Waals surface area contributed by atoms with Crippen LogP contribution >= 0.6 is 12.2 Å². The molecule has 0 saturated carbocycles. The van der Waals surface area contributed by atoms with Crippen molar-refractivity contribution >= 4 is 29.4 Å². The summed E-state index contributed by atoms with van der Waals surface area (Å²) < 4.78 is 5.54. The molecule has 1 heterocycles. The third-order valence-corrected chi connectivity index (χ3v) is 5.22. The SMILES string of the molecule is Cc1cc(C)c([C@H]2COC(=S)N2C(=O)C[C@H](O)/C=C/c2ccccc2)c(C)c1. The van der Waals surface area contributed by atoms with Gasteiger partial charge < -0.3 is 9.84 Å². The molecule has 0 aromatic heterocycles. The second kappa shape index (κ2) is 8.67. The van der Waals surface area contributed by atoms with E-state index in [1.54, 1.807) is 6.08 Å². The normalized spacial score (nSPS) is 17.8. The first-order valence-electron chi connectivity index (χ1n) is 9.34. The molecule has 3 rings (SSSR count). The van der Waals surface area contributed by atoms with Gasteiger partial charge in [-0.1, -0.05) is 60.2 Å². The van der Waals surface area contributed by atoms with Crippen LogP contribution in [-0.4, -0.2) is 33.8 Å². The van der Waals surface area contributed by atoms with Crippen molar-refractivity contribution in [1.82, 2.24) is 4.90 Å². The first kappa shape index (κ1) is 20.2. The molecule has 2 aromatic rings. The molecule has 4 nitrogen and oxygen atoms in total. The summed E-state index contributed by atoms with van der Waals surface area (Å²) in [5.74, 6) is -0.239. The van der Waals surface area contributed by atoms with Gasteiger partial charge in [0.1, 0.15) is 12.6 Å². The zero-order chi connectivity index (χ0) is 20.3. The number of hydrogen-bond donors (Lipinski definition) is 1. The van der Waals surface area contributed by atoms with Gasteiger partial charge in [-0.25, -0.2) is 0 Å². The largest absolute Gasteiger partial charge is 0.468 e. The average Bonchev–Trinajstić information content (AvgIpc) is 3.01. The molecule has 1 N–H and O–H groups in total. The highest BCUT2D eigenvalue weighted by molar-refractivity contribution is 7.80. The molecule has 1 saturated heterocycles. The fourth-order valence-electron chi connectivity index (χ4n) is 3.76. The number of rotatable bonds is 5.